The lowest BCUT2D eigenvalue weighted by Gasteiger charge is -1.99. The highest BCUT2D eigenvalue weighted by molar-refractivity contribution is 5.99. The molecule has 1 amide bonds. The molecule has 0 saturated heterocycles. The van der Waals surface area contributed by atoms with Gasteiger partial charge in [0.15, 0.2) is 0 Å². The minimum absolute atomic E-state index is 0.138. The first-order chi connectivity index (χ1) is 6.33. The van der Waals surface area contributed by atoms with Gasteiger partial charge in [0.05, 0.1) is 0 Å². The molecule has 1 aromatic carbocycles. The summed E-state index contributed by atoms with van der Waals surface area (Å²) < 4.78 is 0. The second-order valence-corrected chi connectivity index (χ2v) is 2.48. The van der Waals surface area contributed by atoms with Crippen LogP contribution in [0.5, 0.6) is 0 Å². The van der Waals surface area contributed by atoms with Crippen LogP contribution in [-0.4, -0.2) is 13.0 Å². The minimum Gasteiger partial charge on any atom is -0.394 e. The van der Waals surface area contributed by atoms with Crippen LogP contribution in [0, 0.1) is 0 Å². The number of carbonyl (C=O) groups is 1. The molecule has 0 fully saturated rings. The highest BCUT2D eigenvalue weighted by atomic mass is 16.1. The molecule has 0 aliphatic heterocycles. The molecule has 3 nitrogen and oxygen atoms in total. The SMILES string of the molecule is CN/C=C/C(=O)Nc1ccccc1. The molecular weight excluding hydrogens is 164 g/mol. The monoisotopic (exact) mass is 176 g/mol. The molecule has 0 atom stereocenters. The molecule has 68 valence electrons. The van der Waals surface area contributed by atoms with Crippen molar-refractivity contribution in [3.05, 3.63) is 42.6 Å². The standard InChI is InChI=1S/C10H12N2O/c1-11-8-7-10(13)12-9-5-3-2-4-6-9/h2-8,11H,1H3,(H,12,13)/b8-7+. The van der Waals surface area contributed by atoms with Crippen LogP contribution >= 0.6 is 0 Å². The first-order valence-corrected chi connectivity index (χ1v) is 4.03. The van der Waals surface area contributed by atoms with Crippen LogP contribution in [0.15, 0.2) is 42.6 Å². The van der Waals surface area contributed by atoms with Crippen LogP contribution in [0.4, 0.5) is 5.69 Å². The number of hydrogen-bond acceptors (Lipinski definition) is 2. The lowest BCUT2D eigenvalue weighted by Crippen LogP contribution is -2.08. The Morgan fingerprint density at radius 3 is 2.62 bits per heavy atom. The predicted molar refractivity (Wildman–Crippen MR) is 53.3 cm³/mol. The molecule has 3 heteroatoms. The third-order valence-electron chi connectivity index (χ3n) is 1.44. The van der Waals surface area contributed by atoms with Crippen LogP contribution in [0.3, 0.4) is 0 Å². The Labute approximate surface area is 77.5 Å². The Morgan fingerprint density at radius 2 is 2.00 bits per heavy atom. The highest BCUT2D eigenvalue weighted by Gasteiger charge is 1.94. The minimum atomic E-state index is -0.138. The van der Waals surface area contributed by atoms with Gasteiger partial charge < -0.3 is 10.6 Å². The summed E-state index contributed by atoms with van der Waals surface area (Å²) in [5.41, 5.74) is 0.799. The van der Waals surface area contributed by atoms with E-state index in [9.17, 15) is 4.79 Å². The summed E-state index contributed by atoms with van der Waals surface area (Å²) in [6.45, 7) is 0. The normalized spacial score (nSPS) is 9.92. The van der Waals surface area contributed by atoms with E-state index in [0.29, 0.717) is 0 Å². The smallest absolute Gasteiger partial charge is 0.249 e. The first-order valence-electron chi connectivity index (χ1n) is 4.03. The van der Waals surface area contributed by atoms with E-state index in [-0.39, 0.29) is 5.91 Å². The van der Waals surface area contributed by atoms with E-state index in [1.807, 2.05) is 30.3 Å². The van der Waals surface area contributed by atoms with Gasteiger partial charge in [-0.25, -0.2) is 0 Å². The van der Waals surface area contributed by atoms with Crippen molar-refractivity contribution in [2.45, 2.75) is 0 Å². The van der Waals surface area contributed by atoms with E-state index in [1.54, 1.807) is 13.2 Å². The molecule has 0 saturated carbocycles. The van der Waals surface area contributed by atoms with E-state index < -0.39 is 0 Å². The molecule has 1 rings (SSSR count). The molecule has 0 aromatic heterocycles. The number of amides is 1. The van der Waals surface area contributed by atoms with Crippen LogP contribution in [0.25, 0.3) is 0 Å². The molecule has 1 aromatic rings. The van der Waals surface area contributed by atoms with Crippen LogP contribution < -0.4 is 10.6 Å². The maximum atomic E-state index is 11.1. The number of nitrogens with one attached hydrogen (secondary N) is 2. The molecule has 0 aliphatic carbocycles. The molecule has 0 radical (unpaired) electrons. The molecule has 0 aliphatic rings. The quantitative estimate of drug-likeness (QED) is 0.683. The summed E-state index contributed by atoms with van der Waals surface area (Å²) in [5, 5.41) is 5.45. The number of anilines is 1. The van der Waals surface area contributed by atoms with Crippen LogP contribution in [-0.2, 0) is 4.79 Å². The van der Waals surface area contributed by atoms with Gasteiger partial charge in [0.2, 0.25) is 5.91 Å². The highest BCUT2D eigenvalue weighted by Crippen LogP contribution is 2.04. The van der Waals surface area contributed by atoms with Crippen LogP contribution in [0.1, 0.15) is 0 Å². The van der Waals surface area contributed by atoms with E-state index in [4.69, 9.17) is 0 Å². The average molecular weight is 176 g/mol. The van der Waals surface area contributed by atoms with Crippen molar-refractivity contribution in [2.75, 3.05) is 12.4 Å². The van der Waals surface area contributed by atoms with Gasteiger partial charge in [0.25, 0.3) is 0 Å². The van der Waals surface area contributed by atoms with E-state index >= 15 is 0 Å². The van der Waals surface area contributed by atoms with Crippen molar-refractivity contribution < 1.29 is 4.79 Å². The fourth-order valence-corrected chi connectivity index (χ4v) is 0.864. The number of benzene rings is 1. The molecule has 13 heavy (non-hydrogen) atoms. The Hall–Kier alpha value is -1.77. The Kier molecular flexibility index (Phi) is 3.57. The summed E-state index contributed by atoms with van der Waals surface area (Å²) >= 11 is 0. The van der Waals surface area contributed by atoms with Gasteiger partial charge in [-0.1, -0.05) is 18.2 Å². The van der Waals surface area contributed by atoms with Gasteiger partial charge in [0.1, 0.15) is 0 Å². The van der Waals surface area contributed by atoms with Gasteiger partial charge in [-0.2, -0.15) is 0 Å². The zero-order chi connectivity index (χ0) is 9.52. The summed E-state index contributed by atoms with van der Waals surface area (Å²) in [4.78, 5) is 11.1. The Morgan fingerprint density at radius 1 is 1.31 bits per heavy atom. The summed E-state index contributed by atoms with van der Waals surface area (Å²) in [6, 6.07) is 9.32. The fourth-order valence-electron chi connectivity index (χ4n) is 0.864. The molecule has 0 heterocycles. The predicted octanol–water partition coefficient (Wildman–Crippen LogP) is 1.36. The van der Waals surface area contributed by atoms with Gasteiger partial charge in [-0.15, -0.1) is 0 Å². The fraction of sp³-hybridized carbons (Fsp3) is 0.100. The molecule has 0 unspecified atom stereocenters. The molecule has 0 bridgehead atoms. The van der Waals surface area contributed by atoms with E-state index in [2.05, 4.69) is 10.6 Å². The topological polar surface area (TPSA) is 41.1 Å². The van der Waals surface area contributed by atoms with Gasteiger partial charge in [0, 0.05) is 25.0 Å². The molecular formula is C10H12N2O. The van der Waals surface area contributed by atoms with Crippen molar-refractivity contribution in [3.8, 4) is 0 Å². The number of para-hydroxylation sites is 1. The second-order valence-electron chi connectivity index (χ2n) is 2.48. The third-order valence-corrected chi connectivity index (χ3v) is 1.44. The second kappa shape index (κ2) is 4.98. The Bertz CT molecular complexity index is 293. The summed E-state index contributed by atoms with van der Waals surface area (Å²) in [7, 11) is 1.74. The van der Waals surface area contributed by atoms with Crippen LogP contribution in [0.2, 0.25) is 0 Å². The number of carbonyl (C=O) groups excluding carboxylic acids is 1. The molecule has 0 spiro atoms. The van der Waals surface area contributed by atoms with Gasteiger partial charge in [-0.3, -0.25) is 4.79 Å². The van der Waals surface area contributed by atoms with Gasteiger partial charge in [-0.05, 0) is 12.1 Å². The zero-order valence-electron chi connectivity index (χ0n) is 7.45. The lowest BCUT2D eigenvalue weighted by atomic mass is 10.3. The summed E-state index contributed by atoms with van der Waals surface area (Å²) in [5.74, 6) is -0.138. The average Bonchev–Trinajstić information content (AvgIpc) is 2.16. The van der Waals surface area contributed by atoms with Crippen molar-refractivity contribution >= 4 is 11.6 Å². The Balaban J connectivity index is 2.50. The van der Waals surface area contributed by atoms with Crippen molar-refractivity contribution in [2.24, 2.45) is 0 Å². The zero-order valence-corrected chi connectivity index (χ0v) is 7.45. The van der Waals surface area contributed by atoms with Crippen molar-refractivity contribution in [1.29, 1.82) is 0 Å². The van der Waals surface area contributed by atoms with Gasteiger partial charge >= 0.3 is 0 Å². The maximum Gasteiger partial charge on any atom is 0.249 e. The maximum absolute atomic E-state index is 11.1. The van der Waals surface area contributed by atoms with Crippen molar-refractivity contribution in [3.63, 3.8) is 0 Å². The largest absolute Gasteiger partial charge is 0.394 e. The van der Waals surface area contributed by atoms with E-state index in [1.165, 1.54) is 6.08 Å². The van der Waals surface area contributed by atoms with Crippen molar-refractivity contribution in [1.82, 2.24) is 5.32 Å². The third kappa shape index (κ3) is 3.42. The number of hydrogen-bond donors (Lipinski definition) is 2. The summed E-state index contributed by atoms with van der Waals surface area (Å²) in [6.07, 6.45) is 3.02. The molecule has 2 N–H and O–H groups in total. The van der Waals surface area contributed by atoms with E-state index in [0.717, 1.165) is 5.69 Å². The first kappa shape index (κ1) is 9.32. The number of rotatable bonds is 3. The lowest BCUT2D eigenvalue weighted by molar-refractivity contribution is -0.111.